The fourth-order valence-corrected chi connectivity index (χ4v) is 2.33. The Labute approximate surface area is 105 Å². The van der Waals surface area contributed by atoms with E-state index in [9.17, 15) is 18.0 Å². The van der Waals surface area contributed by atoms with Crippen molar-refractivity contribution in [1.82, 2.24) is 0 Å². The number of hydrogen-bond donors (Lipinski definition) is 1. The van der Waals surface area contributed by atoms with Crippen molar-refractivity contribution in [2.75, 3.05) is 22.4 Å². The molecule has 6 nitrogen and oxygen atoms in total. The number of rotatable bonds is 3. The van der Waals surface area contributed by atoms with Crippen molar-refractivity contribution in [2.45, 2.75) is 6.42 Å². The van der Waals surface area contributed by atoms with Crippen LogP contribution in [0.2, 0.25) is 0 Å². The molecule has 0 aliphatic carbocycles. The van der Waals surface area contributed by atoms with E-state index >= 15 is 0 Å². The summed E-state index contributed by atoms with van der Waals surface area (Å²) in [7, 11) is -3.36. The smallest absolute Gasteiger partial charge is 0.234 e. The van der Waals surface area contributed by atoms with Crippen LogP contribution in [0.3, 0.4) is 0 Å². The fraction of sp³-hybridized carbons (Fsp3) is 0.273. The lowest BCUT2D eigenvalue weighted by molar-refractivity contribution is -0.121. The average molecular weight is 268 g/mol. The predicted molar refractivity (Wildman–Crippen MR) is 66.9 cm³/mol. The van der Waals surface area contributed by atoms with Crippen molar-refractivity contribution in [2.24, 2.45) is 0 Å². The van der Waals surface area contributed by atoms with Crippen LogP contribution in [0.4, 0.5) is 11.4 Å². The second-order valence-corrected chi connectivity index (χ2v) is 5.87. The number of anilines is 2. The number of nitrogens with zero attached hydrogens (tertiary/aromatic N) is 1. The van der Waals surface area contributed by atoms with Crippen LogP contribution in [0.5, 0.6) is 0 Å². The molecule has 0 aromatic heterocycles. The van der Waals surface area contributed by atoms with Crippen LogP contribution in [-0.4, -0.2) is 32.9 Å². The minimum atomic E-state index is -3.36. The summed E-state index contributed by atoms with van der Waals surface area (Å²) in [5.41, 5.74) is 0.877. The Morgan fingerprint density at radius 3 is 2.56 bits per heavy atom. The van der Waals surface area contributed by atoms with Crippen LogP contribution in [0.1, 0.15) is 6.42 Å². The van der Waals surface area contributed by atoms with Crippen molar-refractivity contribution in [3.8, 4) is 0 Å². The molecule has 0 saturated carbocycles. The molecule has 0 unspecified atom stereocenters. The van der Waals surface area contributed by atoms with Gasteiger partial charge in [-0.25, -0.2) is 8.42 Å². The molecule has 2 rings (SSSR count). The lowest BCUT2D eigenvalue weighted by atomic mass is 10.2. The summed E-state index contributed by atoms with van der Waals surface area (Å²) in [5, 5.41) is 0. The zero-order valence-corrected chi connectivity index (χ0v) is 10.5. The summed E-state index contributed by atoms with van der Waals surface area (Å²) in [6, 6.07) is 6.38. The number of carbonyl (C=O) groups excluding carboxylic acids is 2. The van der Waals surface area contributed by atoms with Gasteiger partial charge < -0.3 is 4.90 Å². The first kappa shape index (κ1) is 12.6. The Balaban J connectivity index is 2.28. The molecule has 1 heterocycles. The molecule has 1 aliphatic heterocycles. The molecular weight excluding hydrogens is 256 g/mol. The lowest BCUT2D eigenvalue weighted by Gasteiger charge is -2.15. The number of Topliss-reactive ketones (excluding diaryl/α,β-unsaturated/α-hetero) is 1. The molecule has 1 aromatic rings. The van der Waals surface area contributed by atoms with Crippen molar-refractivity contribution in [3.05, 3.63) is 24.3 Å². The normalized spacial score (nSPS) is 16.2. The maximum absolute atomic E-state index is 11.5. The maximum Gasteiger partial charge on any atom is 0.234 e. The van der Waals surface area contributed by atoms with Gasteiger partial charge in [0.1, 0.15) is 0 Å². The molecule has 0 spiro atoms. The van der Waals surface area contributed by atoms with E-state index in [0.29, 0.717) is 11.4 Å². The fourth-order valence-electron chi connectivity index (χ4n) is 1.77. The summed E-state index contributed by atoms with van der Waals surface area (Å²) in [4.78, 5) is 24.1. The first-order chi connectivity index (χ1) is 8.35. The molecule has 1 aromatic carbocycles. The van der Waals surface area contributed by atoms with E-state index in [4.69, 9.17) is 0 Å². The molecule has 1 aliphatic rings. The van der Waals surface area contributed by atoms with E-state index in [-0.39, 0.29) is 24.7 Å². The molecule has 7 heteroatoms. The van der Waals surface area contributed by atoms with Gasteiger partial charge in [0, 0.05) is 5.69 Å². The van der Waals surface area contributed by atoms with Gasteiger partial charge in [-0.3, -0.25) is 14.3 Å². The van der Waals surface area contributed by atoms with Crippen molar-refractivity contribution in [1.29, 1.82) is 0 Å². The molecule has 1 saturated heterocycles. The SMILES string of the molecule is CS(=O)(=O)Nc1cccc(N2CC(=O)CC2=O)c1. The van der Waals surface area contributed by atoms with Crippen molar-refractivity contribution in [3.63, 3.8) is 0 Å². The highest BCUT2D eigenvalue weighted by Crippen LogP contribution is 2.23. The number of ketones is 1. The summed E-state index contributed by atoms with van der Waals surface area (Å²) >= 11 is 0. The van der Waals surface area contributed by atoms with Gasteiger partial charge in [-0.05, 0) is 18.2 Å². The van der Waals surface area contributed by atoms with Gasteiger partial charge in [0.2, 0.25) is 15.9 Å². The summed E-state index contributed by atoms with van der Waals surface area (Å²) in [5.74, 6) is -0.405. The largest absolute Gasteiger partial charge is 0.305 e. The Morgan fingerprint density at radius 1 is 1.28 bits per heavy atom. The highest BCUT2D eigenvalue weighted by atomic mass is 32.2. The van der Waals surface area contributed by atoms with Crippen LogP contribution >= 0.6 is 0 Å². The first-order valence-corrected chi connectivity index (χ1v) is 7.14. The predicted octanol–water partition coefficient (Wildman–Crippen LogP) is 0.364. The molecule has 1 fully saturated rings. The average Bonchev–Trinajstić information content (AvgIpc) is 2.55. The lowest BCUT2D eigenvalue weighted by Crippen LogP contribution is -2.24. The van der Waals surface area contributed by atoms with Gasteiger partial charge in [-0.1, -0.05) is 6.07 Å². The monoisotopic (exact) mass is 268 g/mol. The Morgan fingerprint density at radius 2 is 2.00 bits per heavy atom. The molecule has 18 heavy (non-hydrogen) atoms. The van der Waals surface area contributed by atoms with Gasteiger partial charge in [-0.15, -0.1) is 0 Å². The van der Waals surface area contributed by atoms with E-state index < -0.39 is 10.0 Å². The van der Waals surface area contributed by atoms with Crippen LogP contribution < -0.4 is 9.62 Å². The second kappa shape index (κ2) is 4.41. The number of hydrogen-bond acceptors (Lipinski definition) is 4. The Bertz CT molecular complexity index is 609. The molecule has 1 N–H and O–H groups in total. The summed E-state index contributed by atoms with van der Waals surface area (Å²) in [6.07, 6.45) is 0.952. The van der Waals surface area contributed by atoms with Crippen LogP contribution in [0.15, 0.2) is 24.3 Å². The summed E-state index contributed by atoms with van der Waals surface area (Å²) < 4.78 is 24.5. The van der Waals surface area contributed by atoms with Crippen molar-refractivity contribution < 1.29 is 18.0 Å². The number of nitrogens with one attached hydrogen (secondary N) is 1. The van der Waals surface area contributed by atoms with Crippen molar-refractivity contribution >= 4 is 33.1 Å². The van der Waals surface area contributed by atoms with Gasteiger partial charge in [0.05, 0.1) is 24.9 Å². The van der Waals surface area contributed by atoms with Gasteiger partial charge in [-0.2, -0.15) is 0 Å². The molecule has 0 radical (unpaired) electrons. The third-order valence-corrected chi connectivity index (χ3v) is 3.05. The van der Waals surface area contributed by atoms with Gasteiger partial charge in [0.15, 0.2) is 5.78 Å². The number of benzene rings is 1. The minimum Gasteiger partial charge on any atom is -0.305 e. The molecule has 0 atom stereocenters. The van der Waals surface area contributed by atoms with Gasteiger partial charge >= 0.3 is 0 Å². The molecule has 1 amide bonds. The summed E-state index contributed by atoms with van der Waals surface area (Å²) in [6.45, 7) is 0.0428. The zero-order chi connectivity index (χ0) is 13.3. The van der Waals surface area contributed by atoms with E-state index in [0.717, 1.165) is 6.26 Å². The third-order valence-electron chi connectivity index (χ3n) is 2.44. The van der Waals surface area contributed by atoms with Crippen LogP contribution in [0, 0.1) is 0 Å². The van der Waals surface area contributed by atoms with Crippen LogP contribution in [-0.2, 0) is 19.6 Å². The molecule has 0 bridgehead atoms. The zero-order valence-electron chi connectivity index (χ0n) is 9.71. The molecular formula is C11H12N2O4S. The second-order valence-electron chi connectivity index (χ2n) is 4.12. The standard InChI is InChI=1S/C11H12N2O4S/c1-18(16,17)12-8-3-2-4-9(5-8)13-7-10(14)6-11(13)15/h2-5,12H,6-7H2,1H3. The van der Waals surface area contributed by atoms with E-state index in [1.54, 1.807) is 18.2 Å². The number of carbonyl (C=O) groups is 2. The van der Waals surface area contributed by atoms with E-state index in [1.165, 1.54) is 11.0 Å². The Kier molecular flexibility index (Phi) is 3.08. The maximum atomic E-state index is 11.5. The minimum absolute atomic E-state index is 0.0428. The number of sulfonamides is 1. The topological polar surface area (TPSA) is 83.6 Å². The Hall–Kier alpha value is -1.89. The van der Waals surface area contributed by atoms with Gasteiger partial charge in [0.25, 0.3) is 0 Å². The van der Waals surface area contributed by atoms with E-state index in [2.05, 4.69) is 4.72 Å². The quantitative estimate of drug-likeness (QED) is 0.802. The van der Waals surface area contributed by atoms with Crippen LogP contribution in [0.25, 0.3) is 0 Å². The highest BCUT2D eigenvalue weighted by molar-refractivity contribution is 7.92. The number of amides is 1. The van der Waals surface area contributed by atoms with E-state index in [1.807, 2.05) is 0 Å². The highest BCUT2D eigenvalue weighted by Gasteiger charge is 2.28. The molecule has 96 valence electrons. The first-order valence-electron chi connectivity index (χ1n) is 5.25. The third kappa shape index (κ3) is 2.86.